The molecule has 5 nitrogen and oxygen atoms in total. The molecule has 0 saturated heterocycles. The molecule has 2 aromatic heterocycles. The normalized spacial score (nSPS) is 11.3. The first-order valence-corrected chi connectivity index (χ1v) is 7.91. The molecule has 6 heteroatoms. The lowest BCUT2D eigenvalue weighted by atomic mass is 10.2. The molecule has 0 saturated carbocycles. The second kappa shape index (κ2) is 9.69. The number of hydrogen-bond donors (Lipinski definition) is 2. The van der Waals surface area contributed by atoms with Gasteiger partial charge in [-0.3, -0.25) is 4.99 Å². The van der Waals surface area contributed by atoms with Gasteiger partial charge in [0.2, 0.25) is 0 Å². The maximum Gasteiger partial charge on any atom is 0.191 e. The lowest BCUT2D eigenvalue weighted by Gasteiger charge is -2.11. The van der Waals surface area contributed by atoms with Crippen LogP contribution < -0.4 is 10.6 Å². The molecular weight excluding hydrogens is 312 g/mol. The molecule has 0 amide bonds. The van der Waals surface area contributed by atoms with E-state index in [0.717, 1.165) is 36.7 Å². The summed E-state index contributed by atoms with van der Waals surface area (Å²) in [5, 5.41) is 7.00. The summed E-state index contributed by atoms with van der Waals surface area (Å²) < 4.78 is 5.30. The van der Waals surface area contributed by atoms with Crippen LogP contribution in [0.2, 0.25) is 5.15 Å². The SMILES string of the molecule is C=CCNC(=NCCc1ccco1)NCCc1ccc(Cl)nc1. The van der Waals surface area contributed by atoms with Crippen LogP contribution in [0.3, 0.4) is 0 Å². The average Bonchev–Trinajstić information content (AvgIpc) is 3.07. The Morgan fingerprint density at radius 3 is 2.91 bits per heavy atom. The summed E-state index contributed by atoms with van der Waals surface area (Å²) in [6, 6.07) is 7.61. The number of nitrogens with zero attached hydrogens (tertiary/aromatic N) is 2. The maximum atomic E-state index is 5.78. The highest BCUT2D eigenvalue weighted by Crippen LogP contribution is 2.05. The monoisotopic (exact) mass is 332 g/mol. The number of hydrogen-bond acceptors (Lipinski definition) is 3. The molecule has 0 fully saturated rings. The van der Waals surface area contributed by atoms with Crippen molar-refractivity contribution >= 4 is 17.6 Å². The first-order chi connectivity index (χ1) is 11.3. The van der Waals surface area contributed by atoms with Crippen molar-refractivity contribution in [3.63, 3.8) is 0 Å². The average molecular weight is 333 g/mol. The molecule has 2 aromatic rings. The van der Waals surface area contributed by atoms with Gasteiger partial charge in [0.15, 0.2) is 5.96 Å². The molecule has 0 unspecified atom stereocenters. The molecule has 0 aliphatic carbocycles. The highest BCUT2D eigenvalue weighted by atomic mass is 35.5. The zero-order chi connectivity index (χ0) is 16.3. The Balaban J connectivity index is 1.79. The quantitative estimate of drug-likeness (QED) is 0.338. The van der Waals surface area contributed by atoms with Crippen LogP contribution in [-0.4, -0.2) is 30.6 Å². The number of halogens is 1. The Morgan fingerprint density at radius 1 is 1.30 bits per heavy atom. The maximum absolute atomic E-state index is 5.78. The third-order valence-electron chi connectivity index (χ3n) is 3.12. The summed E-state index contributed by atoms with van der Waals surface area (Å²) >= 11 is 5.78. The first kappa shape index (κ1) is 17.1. The van der Waals surface area contributed by atoms with E-state index in [1.54, 1.807) is 24.6 Å². The molecule has 0 aliphatic rings. The zero-order valence-electron chi connectivity index (χ0n) is 13.0. The molecular formula is C17H21ClN4O. The Labute approximate surface area is 141 Å². The summed E-state index contributed by atoms with van der Waals surface area (Å²) in [6.07, 6.45) is 6.88. The number of aliphatic imine (C=N–C) groups is 1. The molecule has 2 N–H and O–H groups in total. The predicted octanol–water partition coefficient (Wildman–Crippen LogP) is 2.83. The fourth-order valence-electron chi connectivity index (χ4n) is 1.96. The smallest absolute Gasteiger partial charge is 0.191 e. The minimum absolute atomic E-state index is 0.509. The van der Waals surface area contributed by atoms with Crippen LogP contribution in [0.1, 0.15) is 11.3 Å². The Bertz CT molecular complexity index is 608. The van der Waals surface area contributed by atoms with Crippen molar-refractivity contribution in [3.8, 4) is 0 Å². The Kier molecular flexibility index (Phi) is 7.20. The summed E-state index contributed by atoms with van der Waals surface area (Å²) in [5.41, 5.74) is 1.13. The molecule has 0 aliphatic heterocycles. The Hall–Kier alpha value is -2.27. The van der Waals surface area contributed by atoms with Gasteiger partial charge < -0.3 is 15.1 Å². The van der Waals surface area contributed by atoms with Gasteiger partial charge in [0.05, 0.1) is 6.26 Å². The molecule has 0 bridgehead atoms. The minimum atomic E-state index is 0.509. The fraction of sp³-hybridized carbons (Fsp3) is 0.294. The fourth-order valence-corrected chi connectivity index (χ4v) is 2.07. The molecule has 122 valence electrons. The standard InChI is InChI=1S/C17H21ClN4O/c1-2-9-19-17(21-11-8-15-4-3-12-23-15)20-10-7-14-5-6-16(18)22-13-14/h2-6,12-13H,1,7-11H2,(H2,19,20,21). The van der Waals surface area contributed by atoms with Crippen LogP contribution in [0.4, 0.5) is 0 Å². The van der Waals surface area contributed by atoms with Gasteiger partial charge in [0.25, 0.3) is 0 Å². The molecule has 0 spiro atoms. The van der Waals surface area contributed by atoms with Crippen molar-refractivity contribution < 1.29 is 4.42 Å². The highest BCUT2D eigenvalue weighted by molar-refractivity contribution is 6.29. The van der Waals surface area contributed by atoms with Crippen LogP contribution >= 0.6 is 11.6 Å². The largest absolute Gasteiger partial charge is 0.469 e. The van der Waals surface area contributed by atoms with Crippen molar-refractivity contribution in [1.29, 1.82) is 0 Å². The lowest BCUT2D eigenvalue weighted by molar-refractivity contribution is 0.510. The first-order valence-electron chi connectivity index (χ1n) is 7.54. The van der Waals surface area contributed by atoms with Crippen molar-refractivity contribution in [3.05, 3.63) is 65.9 Å². The van der Waals surface area contributed by atoms with Crippen LogP contribution in [0, 0.1) is 0 Å². The number of guanidine groups is 1. The molecule has 0 atom stereocenters. The van der Waals surface area contributed by atoms with Crippen LogP contribution in [0.25, 0.3) is 0 Å². The minimum Gasteiger partial charge on any atom is -0.469 e. The van der Waals surface area contributed by atoms with Crippen molar-refractivity contribution in [2.45, 2.75) is 12.8 Å². The third kappa shape index (κ3) is 6.57. The summed E-state index contributed by atoms with van der Waals surface area (Å²) in [4.78, 5) is 8.60. The van der Waals surface area contributed by atoms with Gasteiger partial charge in [-0.2, -0.15) is 0 Å². The van der Waals surface area contributed by atoms with Crippen LogP contribution in [-0.2, 0) is 12.8 Å². The number of pyridine rings is 1. The number of rotatable bonds is 8. The van der Waals surface area contributed by atoms with E-state index in [2.05, 4.69) is 27.2 Å². The van der Waals surface area contributed by atoms with E-state index in [4.69, 9.17) is 16.0 Å². The topological polar surface area (TPSA) is 62.5 Å². The lowest BCUT2D eigenvalue weighted by Crippen LogP contribution is -2.38. The third-order valence-corrected chi connectivity index (χ3v) is 3.34. The summed E-state index contributed by atoms with van der Waals surface area (Å²) in [7, 11) is 0. The number of nitrogens with one attached hydrogen (secondary N) is 2. The second-order valence-corrected chi connectivity index (χ2v) is 5.28. The van der Waals surface area contributed by atoms with E-state index >= 15 is 0 Å². The van der Waals surface area contributed by atoms with E-state index in [1.807, 2.05) is 18.2 Å². The van der Waals surface area contributed by atoms with Gasteiger partial charge in [-0.1, -0.05) is 23.7 Å². The van der Waals surface area contributed by atoms with E-state index in [9.17, 15) is 0 Å². The number of aromatic nitrogens is 1. The van der Waals surface area contributed by atoms with Crippen molar-refractivity contribution in [1.82, 2.24) is 15.6 Å². The molecule has 2 rings (SSSR count). The van der Waals surface area contributed by atoms with Crippen LogP contribution in [0.15, 0.2) is 58.8 Å². The number of furan rings is 1. The van der Waals surface area contributed by atoms with Gasteiger partial charge in [0, 0.05) is 32.3 Å². The molecule has 0 aromatic carbocycles. The van der Waals surface area contributed by atoms with Gasteiger partial charge in [-0.15, -0.1) is 6.58 Å². The van der Waals surface area contributed by atoms with Gasteiger partial charge in [-0.05, 0) is 30.2 Å². The van der Waals surface area contributed by atoms with Gasteiger partial charge >= 0.3 is 0 Å². The summed E-state index contributed by atoms with van der Waals surface area (Å²) in [6.45, 7) is 5.78. The highest BCUT2D eigenvalue weighted by Gasteiger charge is 2.00. The molecule has 23 heavy (non-hydrogen) atoms. The van der Waals surface area contributed by atoms with E-state index in [0.29, 0.717) is 18.2 Å². The van der Waals surface area contributed by atoms with E-state index in [-0.39, 0.29) is 0 Å². The van der Waals surface area contributed by atoms with Gasteiger partial charge in [0.1, 0.15) is 10.9 Å². The summed E-state index contributed by atoms with van der Waals surface area (Å²) in [5.74, 6) is 1.70. The van der Waals surface area contributed by atoms with Crippen molar-refractivity contribution in [2.24, 2.45) is 4.99 Å². The zero-order valence-corrected chi connectivity index (χ0v) is 13.7. The van der Waals surface area contributed by atoms with E-state index in [1.165, 1.54) is 0 Å². The van der Waals surface area contributed by atoms with Gasteiger partial charge in [-0.25, -0.2) is 4.98 Å². The molecule has 2 heterocycles. The predicted molar refractivity (Wildman–Crippen MR) is 93.9 cm³/mol. The second-order valence-electron chi connectivity index (χ2n) is 4.90. The molecule has 0 radical (unpaired) electrons. The van der Waals surface area contributed by atoms with E-state index < -0.39 is 0 Å². The van der Waals surface area contributed by atoms with Crippen molar-refractivity contribution in [2.75, 3.05) is 19.6 Å². The van der Waals surface area contributed by atoms with Crippen LogP contribution in [0.5, 0.6) is 0 Å². The Morgan fingerprint density at radius 2 is 2.22 bits per heavy atom.